The van der Waals surface area contributed by atoms with Crippen LogP contribution in [0.1, 0.15) is 27.7 Å². The van der Waals surface area contributed by atoms with Gasteiger partial charge in [-0.1, -0.05) is 0 Å². The molecule has 0 amide bonds. The number of aliphatic hydroxyl groups is 4. The highest BCUT2D eigenvalue weighted by Gasteiger charge is 2.59. The summed E-state index contributed by atoms with van der Waals surface area (Å²) >= 11 is 0. The average molecular weight is 510 g/mol. The van der Waals surface area contributed by atoms with Crippen molar-refractivity contribution in [2.45, 2.75) is 82.5 Å². The Hall–Kier alpha value is -2.40. The first-order valence-corrected chi connectivity index (χ1v) is 10.6. The molecule has 2 saturated heterocycles. The summed E-state index contributed by atoms with van der Waals surface area (Å²) in [5.74, 6) is -5.66. The molecule has 0 bridgehead atoms. The molecule has 2 heterocycles. The van der Waals surface area contributed by atoms with E-state index in [0.717, 1.165) is 27.7 Å². The van der Waals surface area contributed by atoms with Gasteiger partial charge in [0.25, 0.3) is 0 Å². The molecule has 0 saturated carbocycles. The van der Waals surface area contributed by atoms with Crippen LogP contribution in [0.3, 0.4) is 0 Å². The topological polar surface area (TPSA) is 214 Å². The van der Waals surface area contributed by atoms with Crippen LogP contribution in [-0.2, 0) is 52.3 Å². The van der Waals surface area contributed by atoms with Crippen LogP contribution in [0.5, 0.6) is 0 Å². The minimum atomic E-state index is -2.48. The fraction of sp³-hybridized carbons (Fsp3) is 0.800. The average Bonchev–Trinajstić information content (AvgIpc) is 3.00. The van der Waals surface area contributed by atoms with Crippen molar-refractivity contribution >= 4 is 23.9 Å². The number of carbonyl (C=O) groups excluding carboxylic acids is 4. The quantitative estimate of drug-likeness (QED) is 0.178. The highest BCUT2D eigenvalue weighted by molar-refractivity contribution is 5.68. The molecule has 9 atom stereocenters. The predicted molar refractivity (Wildman–Crippen MR) is 107 cm³/mol. The van der Waals surface area contributed by atoms with Crippen molar-refractivity contribution in [3.8, 4) is 0 Å². The summed E-state index contributed by atoms with van der Waals surface area (Å²) in [6, 6.07) is 0. The molecule has 15 nitrogen and oxygen atoms in total. The van der Waals surface area contributed by atoms with Gasteiger partial charge in [0.15, 0.2) is 24.6 Å². The molecule has 0 aliphatic carbocycles. The van der Waals surface area contributed by atoms with Gasteiger partial charge in [0.2, 0.25) is 5.79 Å². The highest BCUT2D eigenvalue weighted by atomic mass is 16.8. The molecule has 35 heavy (non-hydrogen) atoms. The van der Waals surface area contributed by atoms with E-state index in [1.807, 2.05) is 0 Å². The number of esters is 4. The minimum Gasteiger partial charge on any atom is -0.463 e. The summed E-state index contributed by atoms with van der Waals surface area (Å²) in [7, 11) is 0. The molecule has 4 N–H and O–H groups in total. The van der Waals surface area contributed by atoms with Gasteiger partial charge in [-0.05, 0) is 0 Å². The molecule has 200 valence electrons. The van der Waals surface area contributed by atoms with Crippen molar-refractivity contribution in [3.05, 3.63) is 0 Å². The van der Waals surface area contributed by atoms with Crippen LogP contribution in [0.2, 0.25) is 0 Å². The Morgan fingerprint density at radius 2 is 1.40 bits per heavy atom. The Kier molecular flexibility index (Phi) is 9.91. The Morgan fingerprint density at radius 1 is 0.829 bits per heavy atom. The summed E-state index contributed by atoms with van der Waals surface area (Å²) in [4.78, 5) is 45.7. The smallest absolute Gasteiger partial charge is 0.303 e. The molecule has 0 unspecified atom stereocenters. The minimum absolute atomic E-state index is 0.477. The standard InChI is InChI=1S/C20H30O15/c1-8(22)29-6-13-16(31-9(2)23)14(26)15(27)19(34-13)30-7-20(28)18(33-11(4)25)17(32-10(3)24)12(5-21)35-20/h12-19,21,26-28H,5-7H2,1-4H3/t12-,13-,14-,15-,16-,17-,18+,19+,20-/m1/s1. The molecule has 0 spiro atoms. The lowest BCUT2D eigenvalue weighted by Crippen LogP contribution is -2.61. The van der Waals surface area contributed by atoms with Crippen molar-refractivity contribution < 1.29 is 72.8 Å². The van der Waals surface area contributed by atoms with Gasteiger partial charge < -0.3 is 53.6 Å². The largest absolute Gasteiger partial charge is 0.463 e. The van der Waals surface area contributed by atoms with E-state index < -0.39 is 98.5 Å². The normalized spacial score (nSPS) is 36.8. The van der Waals surface area contributed by atoms with Gasteiger partial charge in [-0.3, -0.25) is 19.2 Å². The van der Waals surface area contributed by atoms with Gasteiger partial charge in [-0.2, -0.15) is 0 Å². The second-order valence-electron chi connectivity index (χ2n) is 8.00. The fourth-order valence-corrected chi connectivity index (χ4v) is 3.69. The number of carbonyl (C=O) groups is 4. The zero-order valence-corrected chi connectivity index (χ0v) is 19.5. The van der Waals surface area contributed by atoms with Crippen molar-refractivity contribution in [2.75, 3.05) is 19.8 Å². The summed E-state index contributed by atoms with van der Waals surface area (Å²) in [6.07, 6.45) is -12.3. The highest BCUT2D eigenvalue weighted by Crippen LogP contribution is 2.35. The first-order valence-electron chi connectivity index (χ1n) is 10.6. The van der Waals surface area contributed by atoms with Crippen molar-refractivity contribution in [2.24, 2.45) is 0 Å². The van der Waals surface area contributed by atoms with Crippen molar-refractivity contribution in [1.82, 2.24) is 0 Å². The SMILES string of the molecule is CC(=O)OC[C@H]1O[C@H](OC[C@@]2(O)O[C@H](CO)[C@@H](OC(C)=O)[C@@H]2OC(C)=O)[C@H](O)[C@@H](O)[C@@H]1OC(C)=O. The van der Waals surface area contributed by atoms with Gasteiger partial charge in [0.1, 0.15) is 37.6 Å². The van der Waals surface area contributed by atoms with Gasteiger partial charge in [0.05, 0.1) is 6.61 Å². The molecule has 2 aliphatic rings. The summed E-state index contributed by atoms with van der Waals surface area (Å²) in [6.45, 7) is 2.18. The van der Waals surface area contributed by atoms with Crippen LogP contribution < -0.4 is 0 Å². The van der Waals surface area contributed by atoms with Crippen molar-refractivity contribution in [3.63, 3.8) is 0 Å². The van der Waals surface area contributed by atoms with E-state index in [2.05, 4.69) is 0 Å². The molecular weight excluding hydrogens is 480 g/mol. The molecular formula is C20H30O15. The number of rotatable bonds is 9. The molecule has 2 rings (SSSR count). The summed E-state index contributed by atoms with van der Waals surface area (Å²) < 4.78 is 36.2. The summed E-state index contributed by atoms with van der Waals surface area (Å²) in [5, 5.41) is 41.5. The third-order valence-electron chi connectivity index (χ3n) is 5.09. The van der Waals surface area contributed by atoms with E-state index >= 15 is 0 Å². The molecule has 2 fully saturated rings. The van der Waals surface area contributed by atoms with Crippen LogP contribution in [0.25, 0.3) is 0 Å². The van der Waals surface area contributed by atoms with E-state index in [4.69, 9.17) is 33.2 Å². The zero-order chi connectivity index (χ0) is 26.5. The fourth-order valence-electron chi connectivity index (χ4n) is 3.69. The third-order valence-corrected chi connectivity index (χ3v) is 5.09. The maximum Gasteiger partial charge on any atom is 0.303 e. The van der Waals surface area contributed by atoms with Crippen LogP contribution >= 0.6 is 0 Å². The second-order valence-corrected chi connectivity index (χ2v) is 8.00. The lowest BCUT2D eigenvalue weighted by molar-refractivity contribution is -0.333. The number of hydrogen-bond acceptors (Lipinski definition) is 15. The Balaban J connectivity index is 2.21. The Morgan fingerprint density at radius 3 is 1.91 bits per heavy atom. The van der Waals surface area contributed by atoms with Crippen LogP contribution in [0, 0.1) is 0 Å². The van der Waals surface area contributed by atoms with E-state index in [1.54, 1.807) is 0 Å². The third kappa shape index (κ3) is 7.30. The van der Waals surface area contributed by atoms with Crippen LogP contribution in [0.15, 0.2) is 0 Å². The number of ether oxygens (including phenoxy) is 7. The van der Waals surface area contributed by atoms with Gasteiger partial charge in [-0.25, -0.2) is 0 Å². The van der Waals surface area contributed by atoms with Crippen molar-refractivity contribution in [1.29, 1.82) is 0 Å². The maximum absolute atomic E-state index is 11.6. The van der Waals surface area contributed by atoms with Gasteiger partial charge in [-0.15, -0.1) is 0 Å². The molecule has 0 aromatic heterocycles. The lowest BCUT2D eigenvalue weighted by Gasteiger charge is -2.42. The van der Waals surface area contributed by atoms with E-state index in [9.17, 15) is 39.6 Å². The second kappa shape index (κ2) is 12.0. The predicted octanol–water partition coefficient (Wildman–Crippen LogP) is -3.11. The molecule has 15 heteroatoms. The first kappa shape index (κ1) is 28.8. The monoisotopic (exact) mass is 510 g/mol. The zero-order valence-electron chi connectivity index (χ0n) is 19.5. The van der Waals surface area contributed by atoms with E-state index in [1.165, 1.54) is 0 Å². The van der Waals surface area contributed by atoms with E-state index in [0.29, 0.717) is 0 Å². The molecule has 0 radical (unpaired) electrons. The van der Waals surface area contributed by atoms with Crippen LogP contribution in [0.4, 0.5) is 0 Å². The maximum atomic E-state index is 11.6. The van der Waals surface area contributed by atoms with Crippen LogP contribution in [-0.4, -0.2) is 119 Å². The lowest BCUT2D eigenvalue weighted by atomic mass is 9.99. The molecule has 0 aromatic carbocycles. The van der Waals surface area contributed by atoms with E-state index in [-0.39, 0.29) is 0 Å². The van der Waals surface area contributed by atoms with Gasteiger partial charge in [0, 0.05) is 27.7 Å². The number of hydrogen-bond donors (Lipinski definition) is 4. The Labute approximate surface area is 199 Å². The molecule has 0 aromatic rings. The Bertz CT molecular complexity index is 786. The first-order chi connectivity index (χ1) is 16.3. The number of aliphatic hydroxyl groups excluding tert-OH is 3. The molecule has 2 aliphatic heterocycles. The van der Waals surface area contributed by atoms with Gasteiger partial charge >= 0.3 is 23.9 Å². The summed E-state index contributed by atoms with van der Waals surface area (Å²) in [5.41, 5.74) is 0.